The Labute approximate surface area is 214 Å². The number of nitrogens with zero attached hydrogens (tertiary/aromatic N) is 3. The zero-order valence-electron chi connectivity index (χ0n) is 20.1. The molecule has 2 aliphatic rings. The van der Waals surface area contributed by atoms with Crippen LogP contribution in [-0.4, -0.2) is 79.2 Å². The maximum absolute atomic E-state index is 13.2. The van der Waals surface area contributed by atoms with Gasteiger partial charge < -0.3 is 25.3 Å². The highest BCUT2D eigenvalue weighted by molar-refractivity contribution is 8.00. The van der Waals surface area contributed by atoms with Crippen LogP contribution in [0.15, 0.2) is 27.4 Å². The number of aromatic nitrogens is 1. The Hall–Kier alpha value is -3.46. The number of fused-ring (bicyclic) bond motifs is 1. The maximum atomic E-state index is 13.2. The molecule has 3 amide bonds. The van der Waals surface area contributed by atoms with Gasteiger partial charge in [0, 0.05) is 18.1 Å². The predicted molar refractivity (Wildman–Crippen MR) is 129 cm³/mol. The third kappa shape index (κ3) is 5.67. The molecule has 3 N–H and O–H groups in total. The number of ether oxygens (including phenoxy) is 1. The van der Waals surface area contributed by atoms with E-state index in [1.165, 1.54) is 47.8 Å². The zero-order chi connectivity index (χ0) is 26.8. The topological polar surface area (TPSA) is 177 Å². The van der Waals surface area contributed by atoms with Gasteiger partial charge in [-0.3, -0.25) is 19.3 Å². The van der Waals surface area contributed by atoms with Gasteiger partial charge in [0.15, 0.2) is 11.4 Å². The summed E-state index contributed by atoms with van der Waals surface area (Å²) >= 11 is 2.38. The molecular weight excluding hydrogens is 514 g/mol. The Kier molecular flexibility index (Phi) is 7.73. The third-order valence-electron chi connectivity index (χ3n) is 4.85. The molecule has 194 valence electrons. The lowest BCUT2D eigenvalue weighted by Gasteiger charge is -2.55. The van der Waals surface area contributed by atoms with Crippen molar-refractivity contribution in [1.82, 2.24) is 20.5 Å². The van der Waals surface area contributed by atoms with E-state index in [1.807, 2.05) is 0 Å². The molecule has 13 nitrogen and oxygen atoms in total. The number of thioether (sulfide) groups is 1. The van der Waals surface area contributed by atoms with E-state index >= 15 is 0 Å². The Morgan fingerprint density at radius 3 is 2.58 bits per heavy atom. The summed E-state index contributed by atoms with van der Waals surface area (Å²) in [5.41, 5.74) is -1.12. The van der Waals surface area contributed by atoms with Crippen LogP contribution in [0.1, 0.15) is 40.3 Å². The SMILES string of the molecule is CC(=O)NC1=C(C(=O)O)N2C(=O)C(C)(NC(=O)C(=NOCC(=O)OC(C)(C)C)c3cscn3)[C@@H]2SC1. The lowest BCUT2D eigenvalue weighted by Crippen LogP contribution is -2.79. The summed E-state index contributed by atoms with van der Waals surface area (Å²) in [5, 5.41) is 19.3. The van der Waals surface area contributed by atoms with E-state index < -0.39 is 52.8 Å². The summed E-state index contributed by atoms with van der Waals surface area (Å²) in [7, 11) is 0. The molecule has 1 saturated heterocycles. The molecule has 3 heterocycles. The number of amides is 3. The van der Waals surface area contributed by atoms with Crippen molar-refractivity contribution in [3.8, 4) is 0 Å². The van der Waals surface area contributed by atoms with Crippen LogP contribution in [0.5, 0.6) is 0 Å². The van der Waals surface area contributed by atoms with Crippen molar-refractivity contribution in [3.63, 3.8) is 0 Å². The molecule has 1 unspecified atom stereocenters. The Bertz CT molecular complexity index is 1160. The molecule has 1 aromatic heterocycles. The number of β-lactam (4-membered cyclic amide) rings is 1. The number of carboxylic acid groups (broad SMARTS) is 1. The molecule has 0 saturated carbocycles. The molecular formula is C21H25N5O8S2. The van der Waals surface area contributed by atoms with Gasteiger partial charge in [-0.25, -0.2) is 14.6 Å². The van der Waals surface area contributed by atoms with Crippen molar-refractivity contribution in [3.05, 3.63) is 28.0 Å². The van der Waals surface area contributed by atoms with Crippen LogP contribution < -0.4 is 10.6 Å². The normalized spacial score (nSPS) is 21.8. The number of thiazole rings is 1. The first-order valence-corrected chi connectivity index (χ1v) is 12.6. The van der Waals surface area contributed by atoms with Gasteiger partial charge >= 0.3 is 11.9 Å². The fourth-order valence-corrected chi connectivity index (χ4v) is 5.41. The van der Waals surface area contributed by atoms with Crippen LogP contribution in [0.2, 0.25) is 0 Å². The van der Waals surface area contributed by atoms with Crippen molar-refractivity contribution in [2.75, 3.05) is 12.4 Å². The molecule has 0 aromatic carbocycles. The van der Waals surface area contributed by atoms with Crippen LogP contribution in [0, 0.1) is 0 Å². The van der Waals surface area contributed by atoms with Gasteiger partial charge in [0.25, 0.3) is 11.8 Å². The third-order valence-corrected chi connectivity index (χ3v) is 6.89. The summed E-state index contributed by atoms with van der Waals surface area (Å²) in [6.07, 6.45) is 0. The second kappa shape index (κ2) is 10.3. The molecule has 1 aromatic rings. The number of esters is 1. The fraction of sp³-hybridized carbons (Fsp3) is 0.476. The van der Waals surface area contributed by atoms with Crippen molar-refractivity contribution in [1.29, 1.82) is 0 Å². The molecule has 15 heteroatoms. The van der Waals surface area contributed by atoms with E-state index in [0.717, 1.165) is 4.90 Å². The van der Waals surface area contributed by atoms with E-state index in [1.54, 1.807) is 20.8 Å². The van der Waals surface area contributed by atoms with Crippen molar-refractivity contribution >= 4 is 58.5 Å². The first-order valence-electron chi connectivity index (χ1n) is 10.6. The van der Waals surface area contributed by atoms with Crippen LogP contribution in [0.4, 0.5) is 0 Å². The summed E-state index contributed by atoms with van der Waals surface area (Å²) in [5.74, 6) is -3.93. The zero-order valence-corrected chi connectivity index (χ0v) is 21.7. The minimum atomic E-state index is -1.48. The molecule has 0 spiro atoms. The minimum absolute atomic E-state index is 0.0956. The van der Waals surface area contributed by atoms with Crippen molar-refractivity contribution < 1.29 is 38.7 Å². The average molecular weight is 540 g/mol. The van der Waals surface area contributed by atoms with Crippen LogP contribution >= 0.6 is 23.1 Å². The van der Waals surface area contributed by atoms with Crippen LogP contribution in [-0.2, 0) is 33.5 Å². The quantitative estimate of drug-likeness (QED) is 0.182. The summed E-state index contributed by atoms with van der Waals surface area (Å²) in [4.78, 5) is 71.6. The predicted octanol–water partition coefficient (Wildman–Crippen LogP) is 0.428. The van der Waals surface area contributed by atoms with Gasteiger partial charge in [-0.2, -0.15) is 0 Å². The summed E-state index contributed by atoms with van der Waals surface area (Å²) in [6, 6.07) is 0. The minimum Gasteiger partial charge on any atom is -0.477 e. The molecule has 2 atom stereocenters. The van der Waals surface area contributed by atoms with Gasteiger partial charge in [-0.15, -0.1) is 23.1 Å². The smallest absolute Gasteiger partial charge is 0.354 e. The van der Waals surface area contributed by atoms with Crippen LogP contribution in [0.3, 0.4) is 0 Å². The van der Waals surface area contributed by atoms with Gasteiger partial charge in [0.1, 0.15) is 22.2 Å². The lowest BCUT2D eigenvalue weighted by atomic mass is 9.88. The molecule has 36 heavy (non-hydrogen) atoms. The average Bonchev–Trinajstić information content (AvgIpc) is 3.28. The maximum Gasteiger partial charge on any atom is 0.354 e. The molecule has 0 radical (unpaired) electrons. The number of rotatable bonds is 8. The van der Waals surface area contributed by atoms with Gasteiger partial charge in [0.2, 0.25) is 12.5 Å². The highest BCUT2D eigenvalue weighted by atomic mass is 32.2. The standard InChI is InChI=1S/C21H25N5O8S2/c1-10(27)23-12-8-36-19-21(5,18(32)26(19)15(12)17(30)31)24-16(29)14(11-7-35-9-22-11)25-33-6-13(28)34-20(2,3)4/h7,9,19H,6,8H2,1-5H3,(H,23,27)(H,24,29)(H,30,31)/t19-,21?/m0/s1. The Morgan fingerprint density at radius 1 is 1.33 bits per heavy atom. The van der Waals surface area contributed by atoms with Crippen LogP contribution in [0.25, 0.3) is 0 Å². The van der Waals surface area contributed by atoms with E-state index in [9.17, 15) is 29.1 Å². The van der Waals surface area contributed by atoms with Gasteiger partial charge in [-0.05, 0) is 27.7 Å². The Morgan fingerprint density at radius 2 is 2.03 bits per heavy atom. The van der Waals surface area contributed by atoms with Crippen molar-refractivity contribution in [2.45, 2.75) is 51.1 Å². The number of carbonyl (C=O) groups is 5. The largest absolute Gasteiger partial charge is 0.477 e. The molecule has 2 aliphatic heterocycles. The highest BCUT2D eigenvalue weighted by Gasteiger charge is 2.63. The lowest BCUT2D eigenvalue weighted by molar-refractivity contribution is -0.160. The second-order valence-electron chi connectivity index (χ2n) is 8.98. The Balaban J connectivity index is 1.79. The monoisotopic (exact) mass is 539 g/mol. The molecule has 0 aliphatic carbocycles. The number of aliphatic carboxylic acids is 1. The number of oxime groups is 1. The fourth-order valence-electron chi connectivity index (χ4n) is 3.50. The number of hydrogen-bond acceptors (Lipinski definition) is 11. The number of nitrogens with one attached hydrogen (secondary N) is 2. The number of hydrogen-bond donors (Lipinski definition) is 3. The highest BCUT2D eigenvalue weighted by Crippen LogP contribution is 2.45. The molecule has 3 rings (SSSR count). The van der Waals surface area contributed by atoms with Gasteiger partial charge in [-0.1, -0.05) is 5.16 Å². The molecule has 0 bridgehead atoms. The second-order valence-corrected chi connectivity index (χ2v) is 10.8. The first kappa shape index (κ1) is 27.1. The van der Waals surface area contributed by atoms with E-state index in [4.69, 9.17) is 9.57 Å². The first-order chi connectivity index (χ1) is 16.7. The summed E-state index contributed by atoms with van der Waals surface area (Å²) < 4.78 is 5.13. The van der Waals surface area contributed by atoms with Crippen molar-refractivity contribution in [2.24, 2.45) is 5.16 Å². The van der Waals surface area contributed by atoms with Gasteiger partial charge in [0.05, 0.1) is 11.2 Å². The van der Waals surface area contributed by atoms with E-state index in [2.05, 4.69) is 20.8 Å². The van der Waals surface area contributed by atoms with E-state index in [0.29, 0.717) is 0 Å². The molecule has 1 fully saturated rings. The number of carbonyl (C=O) groups excluding carboxylic acids is 4. The van der Waals surface area contributed by atoms with E-state index in [-0.39, 0.29) is 28.6 Å². The number of carboxylic acids is 1. The summed E-state index contributed by atoms with van der Waals surface area (Å²) in [6.45, 7) is 7.21.